The van der Waals surface area contributed by atoms with E-state index in [4.69, 9.17) is 0 Å². The second-order valence-electron chi connectivity index (χ2n) is 8.05. The molecule has 21 heavy (non-hydrogen) atoms. The van der Waals surface area contributed by atoms with Gasteiger partial charge in [0.05, 0.1) is 0 Å². The van der Waals surface area contributed by atoms with Gasteiger partial charge >= 0.3 is 0 Å². The predicted octanol–water partition coefficient (Wildman–Crippen LogP) is 2.72. The summed E-state index contributed by atoms with van der Waals surface area (Å²) in [6, 6.07) is -0.356. The zero-order valence-electron chi connectivity index (χ0n) is 14.2. The third-order valence-electron chi connectivity index (χ3n) is 5.15. The maximum Gasteiger partial charge on any atom is 0.248 e. The molecule has 0 aromatic carbocycles. The summed E-state index contributed by atoms with van der Waals surface area (Å²) >= 11 is 0. The fraction of sp³-hybridized carbons (Fsp3) is 0.882. The monoisotopic (exact) mass is 294 g/mol. The van der Waals surface area contributed by atoms with E-state index in [-0.39, 0.29) is 23.3 Å². The Hall–Kier alpha value is -1.06. The number of nitrogens with zero attached hydrogens (tertiary/aromatic N) is 1. The van der Waals surface area contributed by atoms with Gasteiger partial charge in [0, 0.05) is 6.54 Å². The van der Waals surface area contributed by atoms with Crippen molar-refractivity contribution in [2.75, 3.05) is 6.54 Å². The molecule has 1 aliphatic carbocycles. The average Bonchev–Trinajstić information content (AvgIpc) is 2.86. The maximum absolute atomic E-state index is 13.0. The quantitative estimate of drug-likeness (QED) is 0.870. The molecule has 1 heterocycles. The van der Waals surface area contributed by atoms with E-state index >= 15 is 0 Å². The Morgan fingerprint density at radius 3 is 2.29 bits per heavy atom. The van der Waals surface area contributed by atoms with Crippen LogP contribution in [-0.2, 0) is 9.59 Å². The number of hydrogen-bond donors (Lipinski definition) is 1. The summed E-state index contributed by atoms with van der Waals surface area (Å²) in [5, 5.41) is 2.97. The summed E-state index contributed by atoms with van der Waals surface area (Å²) in [5.41, 5.74) is -0.981. The van der Waals surface area contributed by atoms with Gasteiger partial charge in [-0.15, -0.1) is 0 Å². The third-order valence-corrected chi connectivity index (χ3v) is 5.15. The molecule has 0 bridgehead atoms. The first kappa shape index (κ1) is 16.3. The van der Waals surface area contributed by atoms with E-state index in [9.17, 15) is 9.59 Å². The molecule has 0 radical (unpaired) electrons. The fourth-order valence-electron chi connectivity index (χ4n) is 3.73. The van der Waals surface area contributed by atoms with Crippen molar-refractivity contribution in [3.8, 4) is 0 Å². The Bertz CT molecular complexity index is 421. The van der Waals surface area contributed by atoms with Gasteiger partial charge in [-0.3, -0.25) is 9.59 Å². The van der Waals surface area contributed by atoms with Gasteiger partial charge in [-0.2, -0.15) is 0 Å². The lowest BCUT2D eigenvalue weighted by Gasteiger charge is -2.49. The van der Waals surface area contributed by atoms with Gasteiger partial charge in [0.15, 0.2) is 0 Å². The highest BCUT2D eigenvalue weighted by atomic mass is 16.2. The Kier molecular flexibility index (Phi) is 4.36. The first-order valence-electron chi connectivity index (χ1n) is 8.32. The van der Waals surface area contributed by atoms with Gasteiger partial charge < -0.3 is 10.2 Å². The Labute approximate surface area is 128 Å². The minimum Gasteiger partial charge on any atom is -0.340 e. The van der Waals surface area contributed by atoms with E-state index in [0.29, 0.717) is 12.3 Å². The molecule has 2 unspecified atom stereocenters. The van der Waals surface area contributed by atoms with Crippen molar-refractivity contribution in [3.63, 3.8) is 0 Å². The third kappa shape index (κ3) is 3.09. The molecule has 4 heteroatoms. The van der Waals surface area contributed by atoms with Crippen LogP contribution in [0, 0.1) is 11.3 Å². The molecular formula is C17H30N2O2. The van der Waals surface area contributed by atoms with E-state index in [1.165, 1.54) is 25.7 Å². The summed E-state index contributed by atoms with van der Waals surface area (Å²) in [4.78, 5) is 27.5. The first-order chi connectivity index (χ1) is 9.69. The average molecular weight is 294 g/mol. The lowest BCUT2D eigenvalue weighted by Crippen LogP contribution is -2.71. The number of hydrogen-bond acceptors (Lipinski definition) is 2. The van der Waals surface area contributed by atoms with Crippen LogP contribution < -0.4 is 5.32 Å². The van der Waals surface area contributed by atoms with Crippen LogP contribution in [0.25, 0.3) is 0 Å². The van der Waals surface area contributed by atoms with E-state index in [2.05, 4.69) is 5.32 Å². The number of carbonyl (C=O) groups excluding carboxylic acids is 2. The minimum absolute atomic E-state index is 0.00412. The first-order valence-corrected chi connectivity index (χ1v) is 8.32. The van der Waals surface area contributed by atoms with Crippen LogP contribution in [0.15, 0.2) is 0 Å². The molecule has 1 aliphatic heterocycles. The summed E-state index contributed by atoms with van der Waals surface area (Å²) in [7, 11) is 0. The van der Waals surface area contributed by atoms with Crippen LogP contribution in [0.2, 0.25) is 0 Å². The topological polar surface area (TPSA) is 49.4 Å². The molecule has 2 fully saturated rings. The fourth-order valence-corrected chi connectivity index (χ4v) is 3.73. The van der Waals surface area contributed by atoms with Crippen LogP contribution in [0.4, 0.5) is 0 Å². The summed E-state index contributed by atoms with van der Waals surface area (Å²) < 4.78 is 0. The van der Waals surface area contributed by atoms with Crippen molar-refractivity contribution in [1.82, 2.24) is 10.2 Å². The molecule has 0 aromatic rings. The van der Waals surface area contributed by atoms with Crippen LogP contribution in [0.3, 0.4) is 0 Å². The Morgan fingerprint density at radius 1 is 1.24 bits per heavy atom. The van der Waals surface area contributed by atoms with Gasteiger partial charge in [0.2, 0.25) is 11.8 Å². The van der Waals surface area contributed by atoms with Gasteiger partial charge in [-0.05, 0) is 37.5 Å². The Balaban J connectivity index is 2.30. The molecule has 2 aliphatic rings. The van der Waals surface area contributed by atoms with Crippen LogP contribution in [0.1, 0.15) is 66.7 Å². The highest BCUT2D eigenvalue weighted by Gasteiger charge is 2.51. The van der Waals surface area contributed by atoms with E-state index in [1.807, 2.05) is 39.5 Å². The number of piperazine rings is 1. The molecular weight excluding hydrogens is 264 g/mol. The van der Waals surface area contributed by atoms with E-state index in [1.54, 1.807) is 0 Å². The van der Waals surface area contributed by atoms with Crippen molar-refractivity contribution in [2.24, 2.45) is 11.3 Å². The van der Waals surface area contributed by atoms with Crippen LogP contribution >= 0.6 is 0 Å². The normalized spacial score (nSPS) is 31.7. The van der Waals surface area contributed by atoms with Gasteiger partial charge in [0.1, 0.15) is 11.6 Å². The van der Waals surface area contributed by atoms with Gasteiger partial charge in [-0.25, -0.2) is 0 Å². The molecule has 2 atom stereocenters. The standard InChI is InChI=1S/C17H30N2O2/c1-6-17(5)15(21)19(11-12-9-7-8-10-12)13(14(20)18-17)16(2,3)4/h12-13H,6-11H2,1-5H3,(H,18,20). The molecule has 1 saturated carbocycles. The maximum atomic E-state index is 13.0. The lowest BCUT2D eigenvalue weighted by molar-refractivity contribution is -0.159. The van der Waals surface area contributed by atoms with E-state index < -0.39 is 5.54 Å². The SMILES string of the molecule is CCC1(C)NC(=O)C(C(C)(C)C)N(CC2CCCC2)C1=O. The lowest BCUT2D eigenvalue weighted by atomic mass is 9.80. The summed E-state index contributed by atoms with van der Waals surface area (Å²) in [5.74, 6) is 0.659. The number of nitrogens with one attached hydrogen (secondary N) is 1. The van der Waals surface area contributed by atoms with Crippen molar-refractivity contribution in [3.05, 3.63) is 0 Å². The van der Waals surface area contributed by atoms with E-state index in [0.717, 1.165) is 6.54 Å². The molecule has 0 aromatic heterocycles. The predicted molar refractivity (Wildman–Crippen MR) is 83.8 cm³/mol. The molecule has 1 saturated heterocycles. The number of carbonyl (C=O) groups is 2. The van der Waals surface area contributed by atoms with Gasteiger partial charge in [-0.1, -0.05) is 40.5 Å². The zero-order chi connectivity index (χ0) is 15.8. The molecule has 120 valence electrons. The van der Waals surface area contributed by atoms with Crippen molar-refractivity contribution in [2.45, 2.75) is 78.3 Å². The molecule has 2 amide bonds. The highest BCUT2D eigenvalue weighted by Crippen LogP contribution is 2.34. The van der Waals surface area contributed by atoms with Crippen molar-refractivity contribution in [1.29, 1.82) is 0 Å². The van der Waals surface area contributed by atoms with Gasteiger partial charge in [0.25, 0.3) is 0 Å². The molecule has 2 rings (SSSR count). The molecule has 4 nitrogen and oxygen atoms in total. The van der Waals surface area contributed by atoms with Crippen LogP contribution in [-0.4, -0.2) is 34.8 Å². The smallest absolute Gasteiger partial charge is 0.248 e. The molecule has 1 N–H and O–H groups in total. The molecule has 0 spiro atoms. The second-order valence-corrected chi connectivity index (χ2v) is 8.05. The minimum atomic E-state index is -0.739. The summed E-state index contributed by atoms with van der Waals surface area (Å²) in [6.07, 6.45) is 5.51. The zero-order valence-corrected chi connectivity index (χ0v) is 14.2. The Morgan fingerprint density at radius 2 is 1.81 bits per heavy atom. The number of rotatable bonds is 3. The second kappa shape index (κ2) is 5.62. The van der Waals surface area contributed by atoms with Crippen LogP contribution in [0.5, 0.6) is 0 Å². The summed E-state index contributed by atoms with van der Waals surface area (Å²) in [6.45, 7) is 10.7. The van der Waals surface area contributed by atoms with Crippen molar-refractivity contribution >= 4 is 11.8 Å². The largest absolute Gasteiger partial charge is 0.340 e. The van der Waals surface area contributed by atoms with Crippen molar-refractivity contribution < 1.29 is 9.59 Å². The number of amides is 2. The highest BCUT2D eigenvalue weighted by molar-refractivity contribution is 6.00.